The van der Waals surface area contributed by atoms with Gasteiger partial charge in [-0.1, -0.05) is 23.7 Å². The van der Waals surface area contributed by atoms with Gasteiger partial charge in [-0.2, -0.15) is 0 Å². The van der Waals surface area contributed by atoms with Crippen LogP contribution < -0.4 is 9.47 Å². The van der Waals surface area contributed by atoms with Gasteiger partial charge in [-0.15, -0.1) is 13.2 Å². The quantitative estimate of drug-likeness (QED) is 0.0780. The predicted molar refractivity (Wildman–Crippen MR) is 173 cm³/mol. The van der Waals surface area contributed by atoms with Crippen LogP contribution in [0.15, 0.2) is 54.9 Å². The largest absolute Gasteiger partial charge is 0.573 e. The van der Waals surface area contributed by atoms with Crippen LogP contribution in [-0.2, 0) is 20.8 Å². The third-order valence-corrected chi connectivity index (χ3v) is 7.16. The van der Waals surface area contributed by atoms with Gasteiger partial charge in [0.05, 0.1) is 29.8 Å². The number of esters is 1. The van der Waals surface area contributed by atoms with E-state index in [1.54, 1.807) is 51.4 Å². The standard InChI is InChI=1S/C34H37ClF3N3O7/c1-21(46-30-25-12-13-39-18-26(25)24-10-9-23(31(42)44-5)17-28(24)40-30)20-45-15-7-6-14-41(32(43)48-33(2,3)4)19-22-8-11-29(27(35)16-22)47-34(36,37)38/h8-13,16-18,21H,6-7,14-15,19-20H2,1-5H3. The Morgan fingerprint density at radius 3 is 2.46 bits per heavy atom. The summed E-state index contributed by atoms with van der Waals surface area (Å²) in [5.74, 6) is -0.619. The summed E-state index contributed by atoms with van der Waals surface area (Å²) in [6.45, 7) is 8.09. The molecule has 10 nitrogen and oxygen atoms in total. The van der Waals surface area contributed by atoms with Crippen molar-refractivity contribution in [3.8, 4) is 11.6 Å². The Labute approximate surface area is 281 Å². The molecular formula is C34H37ClF3N3O7. The monoisotopic (exact) mass is 691 g/mol. The van der Waals surface area contributed by atoms with Gasteiger partial charge >= 0.3 is 18.4 Å². The molecule has 4 rings (SSSR count). The van der Waals surface area contributed by atoms with Crippen molar-refractivity contribution >= 4 is 45.3 Å². The molecule has 0 bridgehead atoms. The van der Waals surface area contributed by atoms with E-state index in [-0.39, 0.29) is 24.3 Å². The van der Waals surface area contributed by atoms with Crippen molar-refractivity contribution in [2.45, 2.75) is 65.1 Å². The molecule has 0 saturated carbocycles. The number of benzene rings is 2. The second-order valence-corrected chi connectivity index (χ2v) is 12.4. The summed E-state index contributed by atoms with van der Waals surface area (Å²) >= 11 is 6.01. The van der Waals surface area contributed by atoms with E-state index in [1.807, 2.05) is 13.0 Å². The highest BCUT2D eigenvalue weighted by Gasteiger charge is 2.32. The number of amides is 1. The summed E-state index contributed by atoms with van der Waals surface area (Å²) in [7, 11) is 1.32. The molecule has 1 amide bonds. The molecule has 0 fully saturated rings. The van der Waals surface area contributed by atoms with Crippen LogP contribution in [0.5, 0.6) is 11.6 Å². The van der Waals surface area contributed by atoms with Crippen molar-refractivity contribution in [3.63, 3.8) is 0 Å². The summed E-state index contributed by atoms with van der Waals surface area (Å²) in [6, 6.07) is 10.8. The number of hydrogen-bond donors (Lipinski definition) is 0. The van der Waals surface area contributed by atoms with Crippen molar-refractivity contribution in [3.05, 3.63) is 71.0 Å². The molecule has 258 valence electrons. The third-order valence-electron chi connectivity index (χ3n) is 6.86. The summed E-state index contributed by atoms with van der Waals surface area (Å²) in [5.41, 5.74) is 0.686. The zero-order chi connectivity index (χ0) is 35.1. The zero-order valence-electron chi connectivity index (χ0n) is 27.2. The second-order valence-electron chi connectivity index (χ2n) is 12.0. The fraction of sp³-hybridized carbons (Fsp3) is 0.412. The van der Waals surface area contributed by atoms with E-state index < -0.39 is 29.8 Å². The van der Waals surface area contributed by atoms with Crippen LogP contribution in [0.2, 0.25) is 5.02 Å². The SMILES string of the molecule is COC(=O)c1ccc2c(c1)nc(OC(C)COCCCCN(Cc1ccc(OC(F)(F)F)c(Cl)c1)C(=O)OC(C)(C)C)c1ccncc12. The summed E-state index contributed by atoms with van der Waals surface area (Å²) < 4.78 is 64.2. The van der Waals surface area contributed by atoms with Gasteiger partial charge in [0, 0.05) is 48.2 Å². The maximum atomic E-state index is 12.9. The van der Waals surface area contributed by atoms with Gasteiger partial charge in [-0.25, -0.2) is 14.6 Å². The van der Waals surface area contributed by atoms with Crippen molar-refractivity contribution in [1.29, 1.82) is 0 Å². The van der Waals surface area contributed by atoms with E-state index in [9.17, 15) is 22.8 Å². The Kier molecular flexibility index (Phi) is 11.9. The Morgan fingerprint density at radius 1 is 1.00 bits per heavy atom. The lowest BCUT2D eigenvalue weighted by Crippen LogP contribution is -2.37. The number of carbonyl (C=O) groups excluding carboxylic acids is 2. The fourth-order valence-electron chi connectivity index (χ4n) is 4.76. The van der Waals surface area contributed by atoms with Crippen molar-refractivity contribution < 1.29 is 46.4 Å². The number of ether oxygens (including phenoxy) is 5. The number of fused-ring (bicyclic) bond motifs is 3. The van der Waals surface area contributed by atoms with Gasteiger partial charge in [0.1, 0.15) is 17.5 Å². The Morgan fingerprint density at radius 2 is 1.77 bits per heavy atom. The van der Waals surface area contributed by atoms with Gasteiger partial charge in [0.2, 0.25) is 5.88 Å². The summed E-state index contributed by atoms with van der Waals surface area (Å²) in [6.07, 6.45) is -1.29. The molecule has 2 heterocycles. The number of unbranched alkanes of at least 4 members (excludes halogenated alkanes) is 1. The molecule has 1 unspecified atom stereocenters. The van der Waals surface area contributed by atoms with Crippen LogP contribution in [0.25, 0.3) is 21.7 Å². The van der Waals surface area contributed by atoms with Crippen molar-refractivity contribution in [2.75, 3.05) is 26.9 Å². The average Bonchev–Trinajstić information content (AvgIpc) is 3.01. The number of halogens is 4. The van der Waals surface area contributed by atoms with Gasteiger partial charge in [-0.3, -0.25) is 4.98 Å². The first-order valence-electron chi connectivity index (χ1n) is 15.2. The zero-order valence-corrected chi connectivity index (χ0v) is 28.0. The number of hydrogen-bond acceptors (Lipinski definition) is 9. The van der Waals surface area contributed by atoms with Crippen LogP contribution in [-0.4, -0.2) is 71.9 Å². The first-order chi connectivity index (χ1) is 22.6. The molecule has 0 aliphatic rings. The number of methoxy groups -OCH3 is 1. The highest BCUT2D eigenvalue weighted by molar-refractivity contribution is 6.32. The lowest BCUT2D eigenvalue weighted by atomic mass is 10.1. The number of alkyl halides is 3. The van der Waals surface area contributed by atoms with Crippen molar-refractivity contribution in [2.24, 2.45) is 0 Å². The Balaban J connectivity index is 1.33. The predicted octanol–water partition coefficient (Wildman–Crippen LogP) is 8.12. The fourth-order valence-corrected chi connectivity index (χ4v) is 5.01. The van der Waals surface area contributed by atoms with E-state index in [0.717, 1.165) is 22.2 Å². The number of pyridine rings is 2. The van der Waals surface area contributed by atoms with Crippen LogP contribution >= 0.6 is 11.6 Å². The smallest absolute Gasteiger partial charge is 0.472 e. The maximum absolute atomic E-state index is 12.9. The molecule has 0 radical (unpaired) electrons. The molecule has 0 aliphatic carbocycles. The van der Waals surface area contributed by atoms with Crippen LogP contribution in [0.4, 0.5) is 18.0 Å². The highest BCUT2D eigenvalue weighted by atomic mass is 35.5. The van der Waals surface area contributed by atoms with E-state index in [4.69, 9.17) is 30.5 Å². The average molecular weight is 692 g/mol. The molecule has 0 saturated heterocycles. The van der Waals surface area contributed by atoms with Crippen molar-refractivity contribution in [1.82, 2.24) is 14.9 Å². The molecule has 4 aromatic rings. The minimum absolute atomic E-state index is 0.0655. The van der Waals surface area contributed by atoms with Crippen LogP contribution in [0.3, 0.4) is 0 Å². The minimum atomic E-state index is -4.88. The number of rotatable bonds is 13. The Bertz CT molecular complexity index is 1750. The molecule has 2 aromatic carbocycles. The first kappa shape index (κ1) is 36.5. The lowest BCUT2D eigenvalue weighted by Gasteiger charge is -2.27. The number of nitrogens with zero attached hydrogens (tertiary/aromatic N) is 3. The highest BCUT2D eigenvalue weighted by Crippen LogP contribution is 2.32. The van der Waals surface area contributed by atoms with Gasteiger partial charge < -0.3 is 28.6 Å². The molecule has 2 aromatic heterocycles. The van der Waals surface area contributed by atoms with E-state index in [2.05, 4.69) is 14.7 Å². The summed E-state index contributed by atoms with van der Waals surface area (Å²) in [4.78, 5) is 35.4. The Hall–Kier alpha value is -4.36. The van der Waals surface area contributed by atoms with Gasteiger partial charge in [-0.05, 0) is 76.4 Å². The van der Waals surface area contributed by atoms with Crippen LogP contribution in [0.1, 0.15) is 56.5 Å². The molecule has 48 heavy (non-hydrogen) atoms. The minimum Gasteiger partial charge on any atom is -0.472 e. The topological polar surface area (TPSA) is 109 Å². The molecule has 0 N–H and O–H groups in total. The lowest BCUT2D eigenvalue weighted by molar-refractivity contribution is -0.274. The molecular weight excluding hydrogens is 655 g/mol. The molecule has 0 spiro atoms. The van der Waals surface area contributed by atoms with E-state index in [0.29, 0.717) is 48.5 Å². The molecule has 0 aliphatic heterocycles. The van der Waals surface area contributed by atoms with E-state index >= 15 is 0 Å². The number of carbonyl (C=O) groups is 2. The maximum Gasteiger partial charge on any atom is 0.573 e. The summed E-state index contributed by atoms with van der Waals surface area (Å²) in [5, 5.41) is 2.18. The second kappa shape index (κ2) is 15.7. The van der Waals surface area contributed by atoms with Gasteiger partial charge in [0.25, 0.3) is 0 Å². The van der Waals surface area contributed by atoms with Gasteiger partial charge in [0.15, 0.2) is 0 Å². The molecule has 14 heteroatoms. The van der Waals surface area contributed by atoms with E-state index in [1.165, 1.54) is 24.1 Å². The third kappa shape index (κ3) is 10.3. The molecule has 1 atom stereocenters. The normalized spacial score (nSPS) is 12.5. The van der Waals surface area contributed by atoms with Crippen LogP contribution in [0, 0.1) is 0 Å². The first-order valence-corrected chi connectivity index (χ1v) is 15.5. The number of aromatic nitrogens is 2.